The number of methoxy groups -OCH3 is 2. The van der Waals surface area contributed by atoms with Gasteiger partial charge in [-0.05, 0) is 54.3 Å². The molecule has 5 rings (SSSR count). The van der Waals surface area contributed by atoms with E-state index in [1.807, 2.05) is 6.07 Å². The summed E-state index contributed by atoms with van der Waals surface area (Å²) < 4.78 is 43.6. The van der Waals surface area contributed by atoms with Gasteiger partial charge in [-0.3, -0.25) is 23.9 Å². The van der Waals surface area contributed by atoms with Gasteiger partial charge >= 0.3 is 12.0 Å². The third kappa shape index (κ3) is 8.18. The molecule has 5 atom stereocenters. The molecule has 1 aromatic carbocycles. The van der Waals surface area contributed by atoms with Crippen LogP contribution in [0.2, 0.25) is 0 Å². The number of amides is 5. The molecule has 1 aliphatic heterocycles. The van der Waals surface area contributed by atoms with E-state index in [9.17, 15) is 32.4 Å². The minimum atomic E-state index is -3.92. The van der Waals surface area contributed by atoms with Gasteiger partial charge in [-0.15, -0.1) is 6.58 Å². The summed E-state index contributed by atoms with van der Waals surface area (Å²) in [5.41, 5.74) is -2.46. The Kier molecular flexibility index (Phi) is 10.5. The van der Waals surface area contributed by atoms with Gasteiger partial charge in [-0.2, -0.15) is 0 Å². The lowest BCUT2D eigenvalue weighted by atomic mass is 9.85. The fourth-order valence-corrected chi connectivity index (χ4v) is 7.49. The topological polar surface area (TPSA) is 211 Å². The molecule has 1 aromatic heterocycles. The summed E-state index contributed by atoms with van der Waals surface area (Å²) >= 11 is 0. The van der Waals surface area contributed by atoms with Gasteiger partial charge in [-0.1, -0.05) is 26.8 Å². The third-order valence-corrected chi connectivity index (χ3v) is 11.1. The van der Waals surface area contributed by atoms with Gasteiger partial charge in [0.25, 0.3) is 5.91 Å². The number of rotatable bonds is 13. The fourth-order valence-electron chi connectivity index (χ4n) is 6.12. The number of nitrogens with zero attached hydrogens (tertiary/aromatic N) is 2. The van der Waals surface area contributed by atoms with Crippen LogP contribution in [-0.2, 0) is 33.9 Å². The Morgan fingerprint density at radius 2 is 1.86 bits per heavy atom. The molecule has 276 valence electrons. The first-order chi connectivity index (χ1) is 24.0. The van der Waals surface area contributed by atoms with Gasteiger partial charge in [0.15, 0.2) is 0 Å². The molecule has 0 spiro atoms. The Morgan fingerprint density at radius 1 is 1.14 bits per heavy atom. The second-order valence-corrected chi connectivity index (χ2v) is 16.0. The predicted molar refractivity (Wildman–Crippen MR) is 184 cm³/mol. The maximum atomic E-state index is 14.4. The quantitative estimate of drug-likeness (QED) is 0.170. The molecule has 2 aliphatic carbocycles. The number of pyridine rings is 1. The number of benzene rings is 1. The van der Waals surface area contributed by atoms with E-state index < -0.39 is 86.6 Å². The number of fused-ring (bicyclic) bond motifs is 1. The van der Waals surface area contributed by atoms with Gasteiger partial charge < -0.3 is 35.1 Å². The molecular weight excluding hydrogens is 684 g/mol. The van der Waals surface area contributed by atoms with E-state index in [1.165, 1.54) is 18.1 Å². The van der Waals surface area contributed by atoms with E-state index in [0.717, 1.165) is 5.39 Å². The van der Waals surface area contributed by atoms with Crippen molar-refractivity contribution in [1.29, 1.82) is 0 Å². The largest absolute Gasteiger partial charge is 0.497 e. The Bertz CT molecular complexity index is 1840. The van der Waals surface area contributed by atoms with Gasteiger partial charge in [0, 0.05) is 23.9 Å². The molecule has 16 nitrogen and oxygen atoms in total. The summed E-state index contributed by atoms with van der Waals surface area (Å²) in [5.74, 6) is -2.56. The van der Waals surface area contributed by atoms with Crippen LogP contribution in [0.4, 0.5) is 4.79 Å². The van der Waals surface area contributed by atoms with Crippen molar-refractivity contribution in [3.8, 4) is 11.6 Å². The predicted octanol–water partition coefficient (Wildman–Crippen LogP) is 1.15. The number of carbonyl (C=O) groups excluding carboxylic acids is 5. The minimum absolute atomic E-state index is 0.0198. The first kappa shape index (κ1) is 37.3. The molecule has 0 radical (unpaired) electrons. The summed E-state index contributed by atoms with van der Waals surface area (Å²) in [6, 6.07) is 3.95. The Balaban J connectivity index is 1.43. The lowest BCUT2D eigenvalue weighted by Gasteiger charge is -2.35. The molecule has 3 fully saturated rings. The van der Waals surface area contributed by atoms with Crippen LogP contribution < -0.4 is 30.1 Å². The average Bonchev–Trinajstić information content (AvgIpc) is 4.02. The zero-order chi connectivity index (χ0) is 37.3. The molecule has 2 heterocycles. The first-order valence-electron chi connectivity index (χ1n) is 16.5. The maximum absolute atomic E-state index is 14.4. The SMILES string of the molecule is C=C[C@@H]1C[C@]1(NC(=O)[C@@H]1C[C@@H](Oc2nccc3cc(OC)ccc23)CN1C(=O)C(NC(=O)NCC(=O)OC)C(C)(C)C)C(=O)NS(=O)(=O)C1CC1. The van der Waals surface area contributed by atoms with Crippen LogP contribution in [0.5, 0.6) is 11.6 Å². The van der Waals surface area contributed by atoms with Crippen LogP contribution in [0, 0.1) is 11.3 Å². The molecular formula is C34H44N6O10S. The van der Waals surface area contributed by atoms with Crippen molar-refractivity contribution < 1.29 is 46.6 Å². The molecule has 0 bridgehead atoms. The van der Waals surface area contributed by atoms with Crippen molar-refractivity contribution in [2.24, 2.45) is 11.3 Å². The van der Waals surface area contributed by atoms with Gasteiger partial charge in [0.1, 0.15) is 36.0 Å². The number of aromatic nitrogens is 1. The number of hydrogen-bond donors (Lipinski definition) is 4. The molecule has 1 saturated heterocycles. The highest BCUT2D eigenvalue weighted by molar-refractivity contribution is 7.91. The standard InChI is InChI=1S/C34H44N6O10S/c1-7-20-16-34(20,31(44)39-51(46,47)23-9-10-23)38-28(42)25-15-22(50-29-24-11-8-21(48-5)14-19(24)12-13-35-29)18-40(25)30(43)27(33(2,3)4)37-32(45)36-17-26(41)49-6/h7-8,11-14,20,22-23,25,27H,1,9-10,15-18H2,2-6H3,(H,38,42)(H,39,44)(H2,36,37,45)/t20-,22-,25+,27?,34-/m1/s1. The highest BCUT2D eigenvalue weighted by Gasteiger charge is 2.62. The summed E-state index contributed by atoms with van der Waals surface area (Å²) in [7, 11) is -1.19. The number of hydrogen-bond acceptors (Lipinski definition) is 11. The van der Waals surface area contributed by atoms with Gasteiger partial charge in [0.2, 0.25) is 27.7 Å². The molecule has 4 N–H and O–H groups in total. The first-order valence-corrected chi connectivity index (χ1v) is 18.1. The number of carbonyl (C=O) groups is 5. The average molecular weight is 729 g/mol. The molecule has 5 amide bonds. The van der Waals surface area contributed by atoms with Crippen molar-refractivity contribution in [1.82, 2.24) is 30.6 Å². The van der Waals surface area contributed by atoms with E-state index in [4.69, 9.17) is 9.47 Å². The van der Waals surface area contributed by atoms with E-state index in [0.29, 0.717) is 24.0 Å². The van der Waals surface area contributed by atoms with Crippen molar-refractivity contribution >= 4 is 50.5 Å². The van der Waals surface area contributed by atoms with Crippen molar-refractivity contribution in [3.05, 3.63) is 43.1 Å². The highest BCUT2D eigenvalue weighted by atomic mass is 32.2. The number of esters is 1. The zero-order valence-corrected chi connectivity index (χ0v) is 30.0. The molecule has 2 aromatic rings. The molecule has 1 unspecified atom stereocenters. The van der Waals surface area contributed by atoms with Crippen LogP contribution in [0.3, 0.4) is 0 Å². The van der Waals surface area contributed by atoms with Crippen molar-refractivity contribution in [2.75, 3.05) is 27.3 Å². The second kappa shape index (κ2) is 14.4. The molecule has 17 heteroatoms. The number of ether oxygens (including phenoxy) is 3. The van der Waals surface area contributed by atoms with Gasteiger partial charge in [-0.25, -0.2) is 18.2 Å². The number of likely N-dealkylation sites (tertiary alicyclic amines) is 1. The molecule has 51 heavy (non-hydrogen) atoms. The number of nitrogens with one attached hydrogen (secondary N) is 4. The molecule has 3 aliphatic rings. The third-order valence-electron chi connectivity index (χ3n) is 9.32. The van der Waals surface area contributed by atoms with Crippen LogP contribution >= 0.6 is 0 Å². The van der Waals surface area contributed by atoms with Crippen LogP contribution in [-0.4, -0.2) is 104 Å². The lowest BCUT2D eigenvalue weighted by molar-refractivity contribution is -0.142. The number of sulfonamides is 1. The van der Waals surface area contributed by atoms with Crippen LogP contribution in [0.25, 0.3) is 10.8 Å². The summed E-state index contributed by atoms with van der Waals surface area (Å²) in [4.78, 5) is 72.1. The van der Waals surface area contributed by atoms with Crippen molar-refractivity contribution in [3.63, 3.8) is 0 Å². The van der Waals surface area contributed by atoms with Crippen molar-refractivity contribution in [2.45, 2.75) is 75.4 Å². The Labute approximate surface area is 296 Å². The summed E-state index contributed by atoms with van der Waals surface area (Å²) in [6.45, 7) is 8.38. The van der Waals surface area contributed by atoms with Gasteiger partial charge in [0.05, 0.1) is 26.0 Å². The summed E-state index contributed by atoms with van der Waals surface area (Å²) in [5, 5.41) is 8.51. The highest BCUT2D eigenvalue weighted by Crippen LogP contribution is 2.45. The van der Waals surface area contributed by atoms with E-state index in [-0.39, 0.29) is 25.3 Å². The zero-order valence-electron chi connectivity index (χ0n) is 29.2. The van der Waals surface area contributed by atoms with E-state index in [2.05, 4.69) is 37.0 Å². The van der Waals surface area contributed by atoms with E-state index >= 15 is 0 Å². The van der Waals surface area contributed by atoms with Crippen LogP contribution in [0.15, 0.2) is 43.1 Å². The normalized spacial score (nSPS) is 23.4. The van der Waals surface area contributed by atoms with Crippen LogP contribution in [0.1, 0.15) is 46.5 Å². The minimum Gasteiger partial charge on any atom is -0.497 e. The smallest absolute Gasteiger partial charge is 0.325 e. The lowest BCUT2D eigenvalue weighted by Crippen LogP contribution is -2.61. The second-order valence-electron chi connectivity index (χ2n) is 14.1. The Hall–Kier alpha value is -4.93. The Morgan fingerprint density at radius 3 is 2.47 bits per heavy atom. The monoisotopic (exact) mass is 728 g/mol. The molecule has 2 saturated carbocycles. The summed E-state index contributed by atoms with van der Waals surface area (Å²) in [6.07, 6.45) is 3.26. The van der Waals surface area contributed by atoms with E-state index in [1.54, 1.807) is 52.3 Å². The fraction of sp³-hybridized carbons (Fsp3) is 0.529. The maximum Gasteiger partial charge on any atom is 0.325 e. The number of urea groups is 1.